The average molecular weight is 555 g/mol. The minimum atomic E-state index is -0.950. The first-order valence-corrected chi connectivity index (χ1v) is 13.1. The second-order valence-electron chi connectivity index (χ2n) is 8.67. The molecule has 11 heteroatoms. The van der Waals surface area contributed by atoms with Crippen molar-refractivity contribution in [2.75, 3.05) is 4.90 Å². The molecule has 2 N–H and O–H groups in total. The second-order valence-corrected chi connectivity index (χ2v) is 10.1. The van der Waals surface area contributed by atoms with Gasteiger partial charge in [0.25, 0.3) is 0 Å². The molecular weight excluding hydrogens is 536 g/mol. The fourth-order valence-corrected chi connectivity index (χ4v) is 5.40. The lowest BCUT2D eigenvalue weighted by Crippen LogP contribution is -2.56. The third kappa shape index (κ3) is 4.83. The number of carbonyl (C=O) groups excluding carboxylic acids is 1. The maximum Gasteiger partial charge on any atom is 0.248 e. The number of azo groups is 2. The summed E-state index contributed by atoms with van der Waals surface area (Å²) >= 11 is 7.88. The molecule has 6 rings (SSSR count). The van der Waals surface area contributed by atoms with Gasteiger partial charge in [-0.05, 0) is 54.6 Å². The summed E-state index contributed by atoms with van der Waals surface area (Å²) < 4.78 is 0.998. The standard InChI is InChI=1S/C28H19ClN6O3S/c29-25-26(19-14-17(10-13-23(19)37)32-34-28-30-21-8-4-5-9-24(21)39-28)35(27(25)38)22-15-18(36)11-12-20(22)33-31-16-6-2-1-3-7-16/h1-15,25-26,36-37H. The van der Waals surface area contributed by atoms with Gasteiger partial charge in [0.2, 0.25) is 11.0 Å². The Bertz CT molecular complexity index is 1720. The Hall–Kier alpha value is -4.67. The van der Waals surface area contributed by atoms with Crippen molar-refractivity contribution in [2.45, 2.75) is 11.4 Å². The monoisotopic (exact) mass is 554 g/mol. The normalized spacial score (nSPS) is 17.4. The van der Waals surface area contributed by atoms with E-state index in [1.165, 1.54) is 34.4 Å². The summed E-state index contributed by atoms with van der Waals surface area (Å²) in [6, 6.07) is 25.2. The van der Waals surface area contributed by atoms with Crippen molar-refractivity contribution in [3.05, 3.63) is 96.6 Å². The third-order valence-electron chi connectivity index (χ3n) is 6.14. The van der Waals surface area contributed by atoms with Gasteiger partial charge in [0.15, 0.2) is 0 Å². The molecule has 1 amide bonds. The number of phenols is 2. The number of rotatable bonds is 6. The molecule has 192 valence electrons. The first kappa shape index (κ1) is 24.7. The lowest BCUT2D eigenvalue weighted by molar-refractivity contribution is -0.123. The molecule has 1 saturated heterocycles. The molecule has 0 bridgehead atoms. The van der Waals surface area contributed by atoms with Crippen LogP contribution in [0, 0.1) is 0 Å². The highest BCUT2D eigenvalue weighted by molar-refractivity contribution is 7.21. The number of phenolic OH excluding ortho intramolecular Hbond substituents is 2. The predicted molar refractivity (Wildman–Crippen MR) is 150 cm³/mol. The quantitative estimate of drug-likeness (QED) is 0.125. The molecule has 0 saturated carbocycles. The summed E-state index contributed by atoms with van der Waals surface area (Å²) in [6.45, 7) is 0. The number of hydrogen-bond acceptors (Lipinski definition) is 9. The van der Waals surface area contributed by atoms with Crippen LogP contribution >= 0.6 is 22.9 Å². The zero-order chi connectivity index (χ0) is 26.9. The highest BCUT2D eigenvalue weighted by Gasteiger charge is 2.50. The minimum absolute atomic E-state index is 0.0594. The summed E-state index contributed by atoms with van der Waals surface area (Å²) in [6.07, 6.45) is 0. The van der Waals surface area contributed by atoms with Crippen molar-refractivity contribution in [1.82, 2.24) is 4.98 Å². The molecule has 0 spiro atoms. The van der Waals surface area contributed by atoms with E-state index in [1.807, 2.05) is 42.5 Å². The van der Waals surface area contributed by atoms with Crippen LogP contribution in [0.5, 0.6) is 11.5 Å². The Balaban J connectivity index is 1.33. The van der Waals surface area contributed by atoms with E-state index in [-0.39, 0.29) is 11.5 Å². The Morgan fingerprint density at radius 1 is 0.821 bits per heavy atom. The van der Waals surface area contributed by atoms with E-state index < -0.39 is 17.3 Å². The largest absolute Gasteiger partial charge is 0.508 e. The van der Waals surface area contributed by atoms with Gasteiger partial charge in [0.05, 0.1) is 33.3 Å². The number of anilines is 1. The number of aromatic nitrogens is 1. The molecule has 1 aliphatic rings. The molecule has 0 radical (unpaired) electrons. The van der Waals surface area contributed by atoms with E-state index in [0.717, 1.165) is 10.2 Å². The number of amides is 1. The van der Waals surface area contributed by atoms with Crippen LogP contribution < -0.4 is 4.90 Å². The Labute approximate surface area is 231 Å². The average Bonchev–Trinajstić information content (AvgIpc) is 3.38. The van der Waals surface area contributed by atoms with Crippen LogP contribution in [0.1, 0.15) is 11.6 Å². The number of benzene rings is 4. The first-order valence-electron chi connectivity index (χ1n) is 11.8. The van der Waals surface area contributed by atoms with Crippen molar-refractivity contribution >= 4 is 66.9 Å². The number of para-hydroxylation sites is 1. The zero-order valence-corrected chi connectivity index (χ0v) is 21.7. The summed E-state index contributed by atoms with van der Waals surface area (Å²) in [5.74, 6) is -0.519. The van der Waals surface area contributed by atoms with Gasteiger partial charge in [-0.2, -0.15) is 5.11 Å². The van der Waals surface area contributed by atoms with Gasteiger partial charge in [-0.1, -0.05) is 41.7 Å². The number of fused-ring (bicyclic) bond motifs is 1. The molecule has 0 aliphatic carbocycles. The van der Waals surface area contributed by atoms with E-state index in [2.05, 4.69) is 25.4 Å². The van der Waals surface area contributed by atoms with Crippen LogP contribution in [0.2, 0.25) is 0 Å². The molecule has 1 aromatic heterocycles. The van der Waals surface area contributed by atoms with Crippen LogP contribution in [0.3, 0.4) is 0 Å². The summed E-state index contributed by atoms with van der Waals surface area (Å²) in [7, 11) is 0. The molecule has 1 aliphatic heterocycles. The van der Waals surface area contributed by atoms with Gasteiger partial charge >= 0.3 is 0 Å². The maximum absolute atomic E-state index is 13.0. The highest BCUT2D eigenvalue weighted by atomic mass is 35.5. The molecule has 2 atom stereocenters. The maximum atomic E-state index is 13.0. The lowest BCUT2D eigenvalue weighted by Gasteiger charge is -2.44. The lowest BCUT2D eigenvalue weighted by atomic mass is 9.91. The molecule has 39 heavy (non-hydrogen) atoms. The van der Waals surface area contributed by atoms with Gasteiger partial charge in [-0.15, -0.1) is 26.9 Å². The van der Waals surface area contributed by atoms with E-state index in [4.69, 9.17) is 11.6 Å². The number of β-lactam (4-membered cyclic amide) rings is 1. The van der Waals surface area contributed by atoms with E-state index in [1.54, 1.807) is 30.3 Å². The van der Waals surface area contributed by atoms with Crippen molar-refractivity contribution in [3.63, 3.8) is 0 Å². The number of thiazole rings is 1. The van der Waals surface area contributed by atoms with Crippen LogP contribution in [-0.2, 0) is 4.79 Å². The predicted octanol–water partition coefficient (Wildman–Crippen LogP) is 8.23. The third-order valence-corrected chi connectivity index (χ3v) is 7.49. The molecular formula is C28H19ClN6O3S. The smallest absolute Gasteiger partial charge is 0.248 e. The Morgan fingerprint density at radius 3 is 2.41 bits per heavy atom. The number of carbonyl (C=O) groups is 1. The Kier molecular flexibility index (Phi) is 6.47. The van der Waals surface area contributed by atoms with Crippen molar-refractivity contribution < 1.29 is 15.0 Å². The van der Waals surface area contributed by atoms with Crippen molar-refractivity contribution in [3.8, 4) is 11.5 Å². The highest BCUT2D eigenvalue weighted by Crippen LogP contribution is 2.49. The van der Waals surface area contributed by atoms with Crippen molar-refractivity contribution in [1.29, 1.82) is 0 Å². The van der Waals surface area contributed by atoms with Crippen molar-refractivity contribution in [2.24, 2.45) is 20.5 Å². The minimum Gasteiger partial charge on any atom is -0.508 e. The molecule has 9 nitrogen and oxygen atoms in total. The molecule has 2 heterocycles. The number of halogens is 1. The van der Waals surface area contributed by atoms with Gasteiger partial charge in [-0.3, -0.25) is 9.69 Å². The van der Waals surface area contributed by atoms with Crippen LogP contribution in [0.25, 0.3) is 10.2 Å². The van der Waals surface area contributed by atoms with Gasteiger partial charge in [0, 0.05) is 11.6 Å². The second kappa shape index (κ2) is 10.2. The number of aromatic hydroxyl groups is 2. The van der Waals surface area contributed by atoms with E-state index >= 15 is 0 Å². The molecule has 1 fully saturated rings. The number of hydrogen-bond donors (Lipinski definition) is 2. The zero-order valence-electron chi connectivity index (χ0n) is 20.1. The van der Waals surface area contributed by atoms with Gasteiger partial charge in [0.1, 0.15) is 22.6 Å². The summed E-state index contributed by atoms with van der Waals surface area (Å²) in [5.41, 5.74) is 2.95. The summed E-state index contributed by atoms with van der Waals surface area (Å²) in [5, 5.41) is 37.6. The van der Waals surface area contributed by atoms with Gasteiger partial charge < -0.3 is 10.2 Å². The van der Waals surface area contributed by atoms with Crippen LogP contribution in [0.4, 0.5) is 27.9 Å². The topological polar surface area (TPSA) is 123 Å². The molecule has 5 aromatic rings. The summed E-state index contributed by atoms with van der Waals surface area (Å²) in [4.78, 5) is 18.8. The molecule has 2 unspecified atom stereocenters. The fourth-order valence-electron chi connectivity index (χ4n) is 4.26. The number of alkyl halides is 1. The Morgan fingerprint density at radius 2 is 1.59 bits per heavy atom. The SMILES string of the molecule is O=C1C(Cl)C(c2cc(N=Nc3nc4ccccc4s3)ccc2O)N1c1cc(O)ccc1N=Nc1ccccc1. The van der Waals surface area contributed by atoms with E-state index in [0.29, 0.717) is 33.4 Å². The van der Waals surface area contributed by atoms with Gasteiger partial charge in [-0.25, -0.2) is 4.98 Å². The van der Waals surface area contributed by atoms with Crippen LogP contribution in [-0.4, -0.2) is 26.5 Å². The van der Waals surface area contributed by atoms with Crippen LogP contribution in [0.15, 0.2) is 111 Å². The van der Waals surface area contributed by atoms with E-state index in [9.17, 15) is 15.0 Å². The number of nitrogens with zero attached hydrogens (tertiary/aromatic N) is 6. The molecule has 4 aromatic carbocycles. The first-order chi connectivity index (χ1) is 19.0. The fraction of sp³-hybridized carbons (Fsp3) is 0.0714.